The van der Waals surface area contributed by atoms with Crippen LogP contribution in [0.15, 0.2) is 24.3 Å². The van der Waals surface area contributed by atoms with Gasteiger partial charge in [-0.05, 0) is 30.5 Å². The summed E-state index contributed by atoms with van der Waals surface area (Å²) in [7, 11) is 0. The van der Waals surface area contributed by atoms with Gasteiger partial charge in [0.2, 0.25) is 11.8 Å². The fourth-order valence-corrected chi connectivity index (χ4v) is 4.07. The number of carbonyl (C=O) groups excluding carboxylic acids is 2. The Balaban J connectivity index is 1.75. The molecule has 0 aliphatic carbocycles. The van der Waals surface area contributed by atoms with Crippen molar-refractivity contribution in [1.82, 2.24) is 14.7 Å². The van der Waals surface area contributed by atoms with Crippen LogP contribution in [0.3, 0.4) is 0 Å². The molecule has 2 aliphatic heterocycles. The van der Waals surface area contributed by atoms with Crippen molar-refractivity contribution >= 4 is 11.8 Å². The van der Waals surface area contributed by atoms with E-state index in [2.05, 4.69) is 23.5 Å². The zero-order valence-corrected chi connectivity index (χ0v) is 17.2. The van der Waals surface area contributed by atoms with E-state index in [1.807, 2.05) is 4.90 Å². The summed E-state index contributed by atoms with van der Waals surface area (Å²) in [6.07, 6.45) is 1.18. The molecular formula is C21H29F2N3O3. The summed E-state index contributed by atoms with van der Waals surface area (Å²) >= 11 is 0. The van der Waals surface area contributed by atoms with Gasteiger partial charge < -0.3 is 14.5 Å². The SMILES string of the molecule is CCC(C)CN1CC2N(Cc3ccc(OC(F)F)cc3)CCC(=O)N2[C@H](C)C1=O. The molecule has 160 valence electrons. The van der Waals surface area contributed by atoms with Crippen LogP contribution in [0.1, 0.15) is 39.2 Å². The van der Waals surface area contributed by atoms with E-state index >= 15 is 0 Å². The van der Waals surface area contributed by atoms with E-state index in [1.165, 1.54) is 12.1 Å². The molecule has 6 nitrogen and oxygen atoms in total. The minimum atomic E-state index is -2.85. The Kier molecular flexibility index (Phi) is 6.72. The van der Waals surface area contributed by atoms with E-state index in [9.17, 15) is 18.4 Å². The van der Waals surface area contributed by atoms with Gasteiger partial charge in [0.05, 0.1) is 6.54 Å². The quantitative estimate of drug-likeness (QED) is 0.695. The summed E-state index contributed by atoms with van der Waals surface area (Å²) in [6.45, 7) is 5.53. The number of rotatable bonds is 7. The van der Waals surface area contributed by atoms with Gasteiger partial charge in [0, 0.05) is 26.1 Å². The molecule has 3 atom stereocenters. The number of hydrogen-bond donors (Lipinski definition) is 0. The number of carbonyl (C=O) groups is 2. The van der Waals surface area contributed by atoms with Crippen LogP contribution in [-0.2, 0) is 16.1 Å². The smallest absolute Gasteiger partial charge is 0.387 e. The Morgan fingerprint density at radius 2 is 1.90 bits per heavy atom. The highest BCUT2D eigenvalue weighted by Gasteiger charge is 2.45. The molecular weight excluding hydrogens is 380 g/mol. The summed E-state index contributed by atoms with van der Waals surface area (Å²) in [5.74, 6) is 0.532. The average Bonchev–Trinajstić information content (AvgIpc) is 2.68. The first-order valence-electron chi connectivity index (χ1n) is 10.2. The first-order valence-corrected chi connectivity index (χ1v) is 10.2. The lowest BCUT2D eigenvalue weighted by Crippen LogP contribution is -2.69. The van der Waals surface area contributed by atoms with Gasteiger partial charge in [-0.15, -0.1) is 0 Å². The Labute approximate surface area is 170 Å². The zero-order chi connectivity index (χ0) is 21.1. The number of ether oxygens (including phenoxy) is 1. The van der Waals surface area contributed by atoms with Crippen molar-refractivity contribution in [1.29, 1.82) is 0 Å². The molecule has 2 unspecified atom stereocenters. The van der Waals surface area contributed by atoms with Crippen molar-refractivity contribution in [2.45, 2.75) is 59.0 Å². The molecule has 8 heteroatoms. The largest absolute Gasteiger partial charge is 0.435 e. The Morgan fingerprint density at radius 3 is 2.52 bits per heavy atom. The number of alkyl halides is 2. The van der Waals surface area contributed by atoms with Crippen LogP contribution >= 0.6 is 0 Å². The van der Waals surface area contributed by atoms with Crippen molar-refractivity contribution in [3.8, 4) is 5.75 Å². The van der Waals surface area contributed by atoms with E-state index < -0.39 is 12.7 Å². The summed E-state index contributed by atoms with van der Waals surface area (Å²) < 4.78 is 29.1. The molecule has 0 saturated carbocycles. The van der Waals surface area contributed by atoms with E-state index in [1.54, 1.807) is 24.0 Å². The third-order valence-electron chi connectivity index (χ3n) is 5.88. The van der Waals surface area contributed by atoms with Crippen molar-refractivity contribution in [3.05, 3.63) is 29.8 Å². The fraction of sp³-hybridized carbons (Fsp3) is 0.619. The Morgan fingerprint density at radius 1 is 1.21 bits per heavy atom. The second-order valence-corrected chi connectivity index (χ2v) is 7.96. The average molecular weight is 409 g/mol. The van der Waals surface area contributed by atoms with Gasteiger partial charge in [0.1, 0.15) is 18.0 Å². The predicted octanol–water partition coefficient (Wildman–Crippen LogP) is 2.93. The van der Waals surface area contributed by atoms with Crippen LogP contribution in [0.2, 0.25) is 0 Å². The second-order valence-electron chi connectivity index (χ2n) is 7.96. The maximum atomic E-state index is 12.8. The summed E-state index contributed by atoms with van der Waals surface area (Å²) in [4.78, 5) is 31.1. The molecule has 1 aromatic rings. The first-order chi connectivity index (χ1) is 13.8. The van der Waals surface area contributed by atoms with Gasteiger partial charge in [-0.1, -0.05) is 32.4 Å². The lowest BCUT2D eigenvalue weighted by molar-refractivity contribution is -0.169. The van der Waals surface area contributed by atoms with E-state index in [-0.39, 0.29) is 23.7 Å². The van der Waals surface area contributed by atoms with Gasteiger partial charge in [-0.2, -0.15) is 8.78 Å². The molecule has 1 aromatic carbocycles. The van der Waals surface area contributed by atoms with Crippen LogP contribution in [0, 0.1) is 5.92 Å². The highest BCUT2D eigenvalue weighted by Crippen LogP contribution is 2.28. The third-order valence-corrected chi connectivity index (χ3v) is 5.88. The van der Waals surface area contributed by atoms with Crippen LogP contribution in [0.25, 0.3) is 0 Å². The summed E-state index contributed by atoms with van der Waals surface area (Å²) in [5, 5.41) is 0. The minimum Gasteiger partial charge on any atom is -0.435 e. The van der Waals surface area contributed by atoms with Crippen LogP contribution in [0.5, 0.6) is 5.75 Å². The molecule has 0 bridgehead atoms. The number of amides is 2. The molecule has 29 heavy (non-hydrogen) atoms. The first kappa shape index (κ1) is 21.5. The number of benzene rings is 1. The maximum Gasteiger partial charge on any atom is 0.387 e. The molecule has 2 aliphatic rings. The normalized spacial score (nSPS) is 24.1. The number of nitrogens with zero attached hydrogens (tertiary/aromatic N) is 3. The van der Waals surface area contributed by atoms with Crippen LogP contribution in [0.4, 0.5) is 8.78 Å². The Hall–Kier alpha value is -2.22. The van der Waals surface area contributed by atoms with Crippen molar-refractivity contribution in [2.75, 3.05) is 19.6 Å². The van der Waals surface area contributed by atoms with E-state index in [4.69, 9.17) is 0 Å². The highest BCUT2D eigenvalue weighted by atomic mass is 19.3. The lowest BCUT2D eigenvalue weighted by Gasteiger charge is -2.52. The Bertz CT molecular complexity index is 728. The van der Waals surface area contributed by atoms with E-state index in [0.717, 1.165) is 12.0 Å². The van der Waals surface area contributed by atoms with Gasteiger partial charge in [-0.25, -0.2) is 0 Å². The number of hydrogen-bond acceptors (Lipinski definition) is 4. The third kappa shape index (κ3) is 4.86. The van der Waals surface area contributed by atoms with Crippen molar-refractivity contribution in [2.24, 2.45) is 5.92 Å². The monoisotopic (exact) mass is 409 g/mol. The molecule has 0 N–H and O–H groups in total. The van der Waals surface area contributed by atoms with Gasteiger partial charge in [0.25, 0.3) is 0 Å². The summed E-state index contributed by atoms with van der Waals surface area (Å²) in [5.41, 5.74) is 0.943. The molecule has 3 rings (SSSR count). The predicted molar refractivity (Wildman–Crippen MR) is 104 cm³/mol. The summed E-state index contributed by atoms with van der Waals surface area (Å²) in [6, 6.07) is 6.09. The second kappa shape index (κ2) is 9.07. The van der Waals surface area contributed by atoms with Crippen LogP contribution in [-0.4, -0.2) is 65.0 Å². The number of halogens is 2. The van der Waals surface area contributed by atoms with E-state index in [0.29, 0.717) is 38.5 Å². The van der Waals surface area contributed by atoms with Crippen molar-refractivity contribution in [3.63, 3.8) is 0 Å². The molecule has 2 amide bonds. The molecule has 2 heterocycles. The molecule has 2 fully saturated rings. The highest BCUT2D eigenvalue weighted by molar-refractivity contribution is 5.89. The topological polar surface area (TPSA) is 53.1 Å². The van der Waals surface area contributed by atoms with Gasteiger partial charge >= 0.3 is 6.61 Å². The van der Waals surface area contributed by atoms with Crippen LogP contribution < -0.4 is 4.74 Å². The molecule has 0 radical (unpaired) electrons. The lowest BCUT2D eigenvalue weighted by atomic mass is 10.0. The standard InChI is InChI=1S/C21H29F2N3O3/c1-4-14(2)11-25-13-18-24(10-9-19(27)26(18)15(3)20(25)28)12-16-5-7-17(8-6-16)29-21(22)23/h5-8,14-15,18,21H,4,9-13H2,1-3H3/t14?,15-,18?/m1/s1. The minimum absolute atomic E-state index is 0.00486. The molecule has 0 aromatic heterocycles. The molecule has 0 spiro atoms. The zero-order valence-electron chi connectivity index (χ0n) is 17.2. The van der Waals surface area contributed by atoms with Gasteiger partial charge in [0.15, 0.2) is 0 Å². The van der Waals surface area contributed by atoms with Crippen molar-refractivity contribution < 1.29 is 23.1 Å². The number of piperazine rings is 1. The maximum absolute atomic E-state index is 12.8. The fourth-order valence-electron chi connectivity index (χ4n) is 4.07. The number of fused-ring (bicyclic) bond motifs is 1. The molecule has 2 saturated heterocycles. The van der Waals surface area contributed by atoms with Gasteiger partial charge in [-0.3, -0.25) is 14.5 Å².